The maximum Gasteiger partial charge on any atom is 0.346 e. The molecule has 0 fully saturated rings. The van der Waals surface area contributed by atoms with E-state index in [1.807, 2.05) is 97.1 Å². The Labute approximate surface area is 668 Å². The fourth-order valence-electron chi connectivity index (χ4n) is 15.8. The molecule has 0 spiro atoms. The molecule has 110 heavy (non-hydrogen) atoms. The van der Waals surface area contributed by atoms with Crippen LogP contribution in [-0.4, -0.2) is 33.3 Å². The van der Waals surface area contributed by atoms with Crippen molar-refractivity contribution in [3.63, 3.8) is 0 Å². The molecule has 16 rings (SSSR count). The quantitative estimate of drug-likeness (QED) is 0.0422. The largest absolute Gasteiger partial charge is 0.529 e. The van der Waals surface area contributed by atoms with Crippen LogP contribution in [0.25, 0.3) is 0 Å². The summed E-state index contributed by atoms with van der Waals surface area (Å²) in [6.45, 7) is 0. The Hall–Kier alpha value is -11.3. The summed E-state index contributed by atoms with van der Waals surface area (Å²) < 4.78 is 31.2. The topological polar surface area (TPSA) is 36.9 Å². The molecular formula is C98H74Cl4O4Si4. The van der Waals surface area contributed by atoms with E-state index >= 15 is 0 Å². The lowest BCUT2D eigenvalue weighted by Crippen LogP contribution is -2.71. The van der Waals surface area contributed by atoms with E-state index < -0.39 is 45.1 Å². The molecule has 0 heterocycles. The minimum absolute atomic E-state index is 0.415. The van der Waals surface area contributed by atoms with Crippen LogP contribution in [0, 0.1) is 0 Å². The molecule has 0 aliphatic rings. The van der Waals surface area contributed by atoms with Crippen molar-refractivity contribution in [1.29, 1.82) is 0 Å². The third-order valence-corrected chi connectivity index (χ3v) is 37.9. The fourth-order valence-corrected chi connectivity index (χ4v) is 32.3. The lowest BCUT2D eigenvalue weighted by molar-refractivity contribution is 0.572. The van der Waals surface area contributed by atoms with Gasteiger partial charge < -0.3 is 17.7 Å². The summed E-state index contributed by atoms with van der Waals surface area (Å²) in [7, 11) is -13.6. The van der Waals surface area contributed by atoms with Crippen molar-refractivity contribution in [2.75, 3.05) is 0 Å². The minimum Gasteiger partial charge on any atom is -0.529 e. The molecule has 12 heteroatoms. The summed E-state index contributed by atoms with van der Waals surface area (Å²) in [5, 5.41) is 14.4. The van der Waals surface area contributed by atoms with Gasteiger partial charge in [0.2, 0.25) is 0 Å². The van der Waals surface area contributed by atoms with E-state index in [0.29, 0.717) is 43.1 Å². The molecule has 0 aromatic heterocycles. The molecule has 0 saturated carbocycles. The first-order chi connectivity index (χ1) is 54.2. The molecule has 0 atom stereocenters. The Morgan fingerprint density at radius 2 is 0.273 bits per heavy atom. The van der Waals surface area contributed by atoms with Crippen LogP contribution in [0.1, 0.15) is 34.1 Å². The maximum atomic E-state index is 8.04. The van der Waals surface area contributed by atoms with E-state index in [1.54, 1.807) is 0 Å². The van der Waals surface area contributed by atoms with Crippen molar-refractivity contribution in [2.45, 2.75) is 11.8 Å². The van der Waals surface area contributed by atoms with Crippen LogP contribution in [0.2, 0.25) is 20.1 Å². The van der Waals surface area contributed by atoms with Crippen molar-refractivity contribution in [3.05, 3.63) is 479 Å². The van der Waals surface area contributed by atoms with E-state index in [4.69, 9.17) is 64.1 Å². The summed E-state index contributed by atoms with van der Waals surface area (Å²) in [6, 6.07) is 151. The molecule has 0 unspecified atom stereocenters. The van der Waals surface area contributed by atoms with Gasteiger partial charge in [-0.2, -0.15) is 0 Å². The van der Waals surface area contributed by atoms with E-state index in [0.717, 1.165) is 84.5 Å². The second-order valence-corrected chi connectivity index (χ2v) is 42.1. The predicted octanol–water partition coefficient (Wildman–Crippen LogP) is 17.4. The van der Waals surface area contributed by atoms with Crippen molar-refractivity contribution in [3.8, 4) is 23.0 Å². The number of rotatable bonds is 25. The highest BCUT2D eigenvalue weighted by molar-refractivity contribution is 7.09. The molecule has 0 aliphatic heterocycles. The van der Waals surface area contributed by atoms with E-state index in [9.17, 15) is 0 Å². The van der Waals surface area contributed by atoms with Gasteiger partial charge >= 0.3 is 33.3 Å². The molecule has 4 nitrogen and oxygen atoms in total. The van der Waals surface area contributed by atoms with Crippen molar-refractivity contribution >= 4 is 142 Å². The van der Waals surface area contributed by atoms with Gasteiger partial charge in [0.05, 0.1) is 20.1 Å². The first kappa shape index (κ1) is 72.9. The van der Waals surface area contributed by atoms with Gasteiger partial charge in [-0.1, -0.05) is 435 Å². The summed E-state index contributed by atoms with van der Waals surface area (Å²) >= 11 is 32.1. The summed E-state index contributed by atoms with van der Waals surface area (Å²) in [6.07, 6.45) is 0. The lowest BCUT2D eigenvalue weighted by atomic mass is 9.73. The Morgan fingerprint density at radius 3 is 0.382 bits per heavy atom. The third kappa shape index (κ3) is 14.3. The molecule has 0 radical (unpaired) electrons. The number of hydrogen-bond acceptors (Lipinski definition) is 4. The van der Waals surface area contributed by atoms with Crippen LogP contribution in [-0.2, 0) is 0 Å². The van der Waals surface area contributed by atoms with Gasteiger partial charge in [-0.3, -0.25) is 0 Å². The standard InChI is InChI=1S/C98H74Cl4O4Si4/c99-89-69-73(61-65-93(89)103-107(77-37-13-1-14-38-77,78-39-15-2-16-40-78)79-41-17-3-18-42-79)97(74-62-66-94(90(100)70-74)104-108(80-43-19-4-20-44-80,81-45-21-5-22-46-81)82-47-23-6-24-48-82)98(75-63-67-95(91(101)71-75)105-109(83-49-25-7-26-50-83,84-51-27-8-28-52-84)85-53-29-9-30-54-85)76-64-68-96(92(102)72-76)106-110(86-55-31-10-32-56-86,87-57-33-11-34-58-87)88-59-35-12-36-60-88/h1-72,97-98H. The highest BCUT2D eigenvalue weighted by Gasteiger charge is 2.49. The smallest absolute Gasteiger partial charge is 0.346 e. The highest BCUT2D eigenvalue weighted by Crippen LogP contribution is 2.49. The molecule has 0 saturated heterocycles. The molecule has 0 bridgehead atoms. The van der Waals surface area contributed by atoms with Crippen molar-refractivity contribution < 1.29 is 17.7 Å². The molecular weight excluding hydrogens is 1500 g/mol. The summed E-state index contributed by atoms with van der Waals surface area (Å²) in [4.78, 5) is 0. The van der Waals surface area contributed by atoms with Crippen molar-refractivity contribution in [1.82, 2.24) is 0 Å². The zero-order valence-electron chi connectivity index (χ0n) is 59.9. The van der Waals surface area contributed by atoms with Gasteiger partial charge in [-0.05, 0) is 133 Å². The van der Waals surface area contributed by atoms with Crippen LogP contribution in [0.5, 0.6) is 23.0 Å². The van der Waals surface area contributed by atoms with Gasteiger partial charge in [-0.15, -0.1) is 0 Å². The van der Waals surface area contributed by atoms with E-state index in [2.05, 4.69) is 340 Å². The predicted molar refractivity (Wildman–Crippen MR) is 468 cm³/mol. The highest BCUT2D eigenvalue weighted by atomic mass is 35.5. The molecule has 0 N–H and O–H groups in total. The van der Waals surface area contributed by atoms with Gasteiger partial charge in [0.15, 0.2) is 0 Å². The molecule has 0 amide bonds. The monoisotopic (exact) mass is 1570 g/mol. The average Bonchev–Trinajstić information content (AvgIpc) is 0.677. The summed E-state index contributed by atoms with van der Waals surface area (Å²) in [5.74, 6) is 0.907. The third-order valence-electron chi connectivity index (χ3n) is 20.8. The van der Waals surface area contributed by atoms with Crippen LogP contribution in [0.4, 0.5) is 0 Å². The lowest BCUT2D eigenvalue weighted by Gasteiger charge is -2.36. The first-order valence-electron chi connectivity index (χ1n) is 36.8. The summed E-state index contributed by atoms with van der Waals surface area (Å²) in [5.41, 5.74) is 3.41. The van der Waals surface area contributed by atoms with E-state index in [-0.39, 0.29) is 0 Å². The zero-order valence-corrected chi connectivity index (χ0v) is 66.9. The Morgan fingerprint density at radius 1 is 0.155 bits per heavy atom. The molecule has 16 aromatic carbocycles. The van der Waals surface area contributed by atoms with Crippen LogP contribution in [0.3, 0.4) is 0 Å². The average molecular weight is 1570 g/mol. The van der Waals surface area contributed by atoms with Crippen LogP contribution < -0.4 is 79.9 Å². The normalized spacial score (nSPS) is 11.8. The van der Waals surface area contributed by atoms with Gasteiger partial charge in [0.1, 0.15) is 23.0 Å². The van der Waals surface area contributed by atoms with Crippen LogP contribution in [0.15, 0.2) is 437 Å². The Bertz CT molecular complexity index is 4620. The zero-order chi connectivity index (χ0) is 74.8. The van der Waals surface area contributed by atoms with Gasteiger partial charge in [0.25, 0.3) is 0 Å². The van der Waals surface area contributed by atoms with Crippen molar-refractivity contribution in [2.24, 2.45) is 0 Å². The van der Waals surface area contributed by atoms with Crippen LogP contribution >= 0.6 is 46.4 Å². The molecule has 16 aromatic rings. The van der Waals surface area contributed by atoms with Gasteiger partial charge in [-0.25, -0.2) is 0 Å². The minimum atomic E-state index is -3.39. The fraction of sp³-hybridized carbons (Fsp3) is 0.0204. The number of halogens is 4. The Balaban J connectivity index is 0.917. The second-order valence-electron chi connectivity index (χ2n) is 27.2. The Kier molecular flexibility index (Phi) is 21.8. The number of hydrogen-bond donors (Lipinski definition) is 0. The van der Waals surface area contributed by atoms with Gasteiger partial charge in [0, 0.05) is 11.8 Å². The number of benzene rings is 16. The van der Waals surface area contributed by atoms with E-state index in [1.165, 1.54) is 0 Å². The molecule has 534 valence electrons. The molecule has 0 aliphatic carbocycles. The first-order valence-corrected chi connectivity index (χ1v) is 45.9. The SMILES string of the molecule is Clc1cc(C(c2ccc(O[Si](c3ccccc3)(c3ccccc3)c3ccccc3)c(Cl)c2)C(c2ccc(O[Si](c3ccccc3)(c3ccccc3)c3ccccc3)c(Cl)c2)c2ccc(O[Si](c3ccccc3)(c3ccccc3)c3ccccc3)c(Cl)c2)ccc1O[Si](c1ccccc1)(c1ccccc1)c1ccccc1. The second kappa shape index (κ2) is 32.9. The maximum absolute atomic E-state index is 8.04.